The number of hydrogen-bond acceptors (Lipinski definition) is 2. The Bertz CT molecular complexity index is 244. The molecule has 13 heavy (non-hydrogen) atoms. The second-order valence-electron chi connectivity index (χ2n) is 2.31. The zero-order chi connectivity index (χ0) is 8.81. The minimum Gasteiger partial charge on any atom is -0.493 e. The van der Waals surface area contributed by atoms with Gasteiger partial charge in [0, 0.05) is 0 Å². The Balaban J connectivity index is 0.00000144. The molecule has 0 aliphatic rings. The van der Waals surface area contributed by atoms with Gasteiger partial charge < -0.3 is 9.84 Å². The largest absolute Gasteiger partial charge is 0.493 e. The van der Waals surface area contributed by atoms with Crippen LogP contribution >= 0.6 is 0 Å². The molecule has 1 rings (SSSR count). The molecule has 72 valence electrons. The summed E-state index contributed by atoms with van der Waals surface area (Å²) in [7, 11) is 0. The first-order chi connectivity index (χ1) is 5.79. The van der Waals surface area contributed by atoms with Crippen LogP contribution in [-0.2, 0) is 4.79 Å². The van der Waals surface area contributed by atoms with E-state index < -0.39 is 5.97 Å². The van der Waals surface area contributed by atoms with Crippen molar-refractivity contribution in [3.05, 3.63) is 30.3 Å². The fraction of sp³-hybridized carbons (Fsp3) is 0.300. The lowest BCUT2D eigenvalue weighted by Gasteiger charge is -2.02. The molecule has 0 bridgehead atoms. The molecule has 1 N–H and O–H groups in total. The summed E-state index contributed by atoms with van der Waals surface area (Å²) >= 11 is 0. The third-order valence-electron chi connectivity index (χ3n) is 1.33. The fourth-order valence-electron chi connectivity index (χ4n) is 0.773. The Morgan fingerprint density at radius 3 is 2.46 bits per heavy atom. The zero-order valence-electron chi connectivity index (χ0n) is 6.56. The van der Waals surface area contributed by atoms with E-state index in [1.54, 1.807) is 12.1 Å². The van der Waals surface area contributed by atoms with Crippen LogP contribution in [-0.4, -0.2) is 17.7 Å². The molecule has 0 saturated heterocycles. The monoisotopic (exact) mass is 182 g/mol. The van der Waals surface area contributed by atoms with Gasteiger partial charge in [0.1, 0.15) is 5.75 Å². The van der Waals surface area contributed by atoms with Gasteiger partial charge >= 0.3 is 5.97 Å². The highest BCUT2D eigenvalue weighted by Crippen LogP contribution is 2.07. The van der Waals surface area contributed by atoms with Gasteiger partial charge in [0.25, 0.3) is 0 Å². The molecule has 0 aromatic heterocycles. The smallest absolute Gasteiger partial charge is 0.306 e. The summed E-state index contributed by atoms with van der Waals surface area (Å²) in [4.78, 5) is 10.1. The average Bonchev–Trinajstić information content (AvgIpc) is 2.05. The molecule has 3 nitrogen and oxygen atoms in total. The maximum absolute atomic E-state index is 10.1. The minimum atomic E-state index is -0.842. The number of carbonyl (C=O) groups is 1. The summed E-state index contributed by atoms with van der Waals surface area (Å²) < 4.78 is 5.14. The molecule has 0 aliphatic heterocycles. The van der Waals surface area contributed by atoms with Crippen molar-refractivity contribution in [1.29, 1.82) is 0 Å². The van der Waals surface area contributed by atoms with Gasteiger partial charge in [0.2, 0.25) is 0 Å². The molecule has 1 aromatic rings. The van der Waals surface area contributed by atoms with E-state index >= 15 is 0 Å². The van der Waals surface area contributed by atoms with Crippen molar-refractivity contribution in [3.8, 4) is 5.75 Å². The number of benzene rings is 1. The van der Waals surface area contributed by atoms with Crippen LogP contribution in [0.1, 0.15) is 13.8 Å². The quantitative estimate of drug-likeness (QED) is 0.776. The maximum Gasteiger partial charge on any atom is 0.306 e. The Kier molecular flexibility index (Phi) is 5.35. The minimum absolute atomic E-state index is 0. The fourth-order valence-corrected chi connectivity index (χ4v) is 0.773. The Hall–Kier alpha value is -1.51. The highest BCUT2D eigenvalue weighted by molar-refractivity contribution is 5.66. The van der Waals surface area contributed by atoms with Gasteiger partial charge in [-0.15, -0.1) is 0 Å². The van der Waals surface area contributed by atoms with E-state index in [9.17, 15) is 4.79 Å². The van der Waals surface area contributed by atoms with Crippen molar-refractivity contribution in [2.75, 3.05) is 6.61 Å². The number of carboxylic acids is 1. The lowest BCUT2D eigenvalue weighted by Crippen LogP contribution is -2.04. The number of para-hydroxylation sites is 1. The van der Waals surface area contributed by atoms with E-state index in [0.717, 1.165) is 0 Å². The van der Waals surface area contributed by atoms with Crippen LogP contribution < -0.4 is 4.74 Å². The van der Waals surface area contributed by atoms with E-state index in [1.165, 1.54) is 0 Å². The third-order valence-corrected chi connectivity index (χ3v) is 1.33. The molecule has 0 fully saturated rings. The molecular weight excluding hydrogens is 168 g/mol. The third kappa shape index (κ3) is 4.85. The number of ether oxygens (including phenoxy) is 1. The van der Waals surface area contributed by atoms with Gasteiger partial charge in [-0.1, -0.05) is 25.6 Å². The topological polar surface area (TPSA) is 46.5 Å². The Morgan fingerprint density at radius 1 is 1.31 bits per heavy atom. The lowest BCUT2D eigenvalue weighted by atomic mass is 10.3. The van der Waals surface area contributed by atoms with Gasteiger partial charge in [-0.3, -0.25) is 4.79 Å². The van der Waals surface area contributed by atoms with Crippen molar-refractivity contribution < 1.29 is 14.6 Å². The van der Waals surface area contributed by atoms with Gasteiger partial charge in [0.15, 0.2) is 0 Å². The van der Waals surface area contributed by atoms with Crippen LogP contribution in [0.2, 0.25) is 0 Å². The van der Waals surface area contributed by atoms with Crippen molar-refractivity contribution in [3.63, 3.8) is 0 Å². The van der Waals surface area contributed by atoms with E-state index in [2.05, 4.69) is 0 Å². The molecule has 3 heteroatoms. The van der Waals surface area contributed by atoms with E-state index in [-0.39, 0.29) is 20.5 Å². The number of hydrogen-bond donors (Lipinski definition) is 1. The number of rotatable bonds is 4. The van der Waals surface area contributed by atoms with E-state index in [1.807, 2.05) is 18.2 Å². The normalized spacial score (nSPS) is 8.62. The summed E-state index contributed by atoms with van der Waals surface area (Å²) in [6.45, 7) is 0.222. The second-order valence-corrected chi connectivity index (χ2v) is 2.31. The molecule has 0 atom stereocenters. The van der Waals surface area contributed by atoms with Crippen LogP contribution in [0.15, 0.2) is 30.3 Å². The van der Waals surface area contributed by atoms with Crippen LogP contribution in [0.5, 0.6) is 5.75 Å². The molecule has 0 heterocycles. The Morgan fingerprint density at radius 2 is 1.92 bits per heavy atom. The summed E-state index contributed by atoms with van der Waals surface area (Å²) in [5.74, 6) is -0.135. The number of aliphatic carboxylic acids is 1. The Labute approximate surface area is 78.0 Å². The van der Waals surface area contributed by atoms with Crippen LogP contribution in [0, 0.1) is 0 Å². The predicted octanol–water partition coefficient (Wildman–Crippen LogP) is 2.18. The van der Waals surface area contributed by atoms with Gasteiger partial charge in [0.05, 0.1) is 13.0 Å². The summed E-state index contributed by atoms with van der Waals surface area (Å²) in [6, 6.07) is 9.15. The lowest BCUT2D eigenvalue weighted by molar-refractivity contribution is -0.137. The maximum atomic E-state index is 10.1. The predicted molar refractivity (Wildman–Crippen MR) is 50.9 cm³/mol. The van der Waals surface area contributed by atoms with Crippen molar-refractivity contribution in [2.45, 2.75) is 13.8 Å². The standard InChI is InChI=1S/C9H10O3.CH4/c10-9(11)6-7-12-8-4-2-1-3-5-8;/h1-5H,6-7H2,(H,10,11);1H4. The van der Waals surface area contributed by atoms with Crippen LogP contribution in [0.25, 0.3) is 0 Å². The van der Waals surface area contributed by atoms with Crippen molar-refractivity contribution >= 4 is 5.97 Å². The average molecular weight is 182 g/mol. The second kappa shape index (κ2) is 6.06. The highest BCUT2D eigenvalue weighted by Gasteiger charge is 1.96. The first-order valence-corrected chi connectivity index (χ1v) is 3.68. The molecule has 0 unspecified atom stereocenters. The van der Waals surface area contributed by atoms with Crippen LogP contribution in [0.3, 0.4) is 0 Å². The summed E-state index contributed by atoms with van der Waals surface area (Å²) in [6.07, 6.45) is 0.0366. The molecule has 1 aromatic carbocycles. The van der Waals surface area contributed by atoms with Crippen LogP contribution in [0.4, 0.5) is 0 Å². The first kappa shape index (κ1) is 11.5. The SMILES string of the molecule is C.O=C(O)CCOc1ccccc1. The molecule has 0 saturated carbocycles. The molecule has 0 amide bonds. The molecule has 0 radical (unpaired) electrons. The van der Waals surface area contributed by atoms with Gasteiger partial charge in [-0.2, -0.15) is 0 Å². The van der Waals surface area contributed by atoms with Gasteiger partial charge in [-0.05, 0) is 12.1 Å². The van der Waals surface area contributed by atoms with E-state index in [4.69, 9.17) is 9.84 Å². The zero-order valence-corrected chi connectivity index (χ0v) is 6.56. The highest BCUT2D eigenvalue weighted by atomic mass is 16.5. The summed E-state index contributed by atoms with van der Waals surface area (Å²) in [5.41, 5.74) is 0. The van der Waals surface area contributed by atoms with E-state index in [0.29, 0.717) is 5.75 Å². The van der Waals surface area contributed by atoms with Gasteiger partial charge in [-0.25, -0.2) is 0 Å². The molecular formula is C10H14O3. The van der Waals surface area contributed by atoms with Crippen molar-refractivity contribution in [2.24, 2.45) is 0 Å². The van der Waals surface area contributed by atoms with Crippen molar-refractivity contribution in [1.82, 2.24) is 0 Å². The summed E-state index contributed by atoms with van der Waals surface area (Å²) in [5, 5.41) is 8.31. The number of carboxylic acid groups (broad SMARTS) is 1. The molecule has 0 spiro atoms. The first-order valence-electron chi connectivity index (χ1n) is 3.68. The molecule has 0 aliphatic carbocycles.